The van der Waals surface area contributed by atoms with Crippen LogP contribution in [0.25, 0.3) is 0 Å². The number of rotatable bonds is 18. The summed E-state index contributed by atoms with van der Waals surface area (Å²) in [6.45, 7) is 8.20. The van der Waals surface area contributed by atoms with Gasteiger partial charge in [0.1, 0.15) is 0 Å². The van der Waals surface area contributed by atoms with Crippen molar-refractivity contribution in [1.29, 1.82) is 0 Å². The van der Waals surface area contributed by atoms with Crippen molar-refractivity contribution in [3.63, 3.8) is 0 Å². The number of hydrogen-bond donors (Lipinski definition) is 1. The quantitative estimate of drug-likeness (QED) is 0.208. The molecular weight excluding hydrogens is 360 g/mol. The van der Waals surface area contributed by atoms with Crippen LogP contribution < -0.4 is 5.73 Å². The Kier molecular flexibility index (Phi) is 13.2. The molecule has 8 nitrogen and oxygen atoms in total. The van der Waals surface area contributed by atoms with Gasteiger partial charge in [0.05, 0.1) is 13.1 Å². The van der Waals surface area contributed by atoms with Gasteiger partial charge >= 0.3 is 0 Å². The van der Waals surface area contributed by atoms with Crippen LogP contribution in [-0.4, -0.2) is 52.0 Å². The summed E-state index contributed by atoms with van der Waals surface area (Å²) in [6.07, 6.45) is 11.7. The van der Waals surface area contributed by atoms with E-state index in [1.807, 2.05) is 4.90 Å². The Labute approximate surface area is 170 Å². The molecule has 0 atom stereocenters. The second-order valence-corrected chi connectivity index (χ2v) is 9.17. The molecule has 0 aliphatic heterocycles. The van der Waals surface area contributed by atoms with Crippen LogP contribution in [0.15, 0.2) is 0 Å². The summed E-state index contributed by atoms with van der Waals surface area (Å²) in [6, 6.07) is 0. The van der Waals surface area contributed by atoms with Gasteiger partial charge in [-0.05, 0) is 25.9 Å². The van der Waals surface area contributed by atoms with Gasteiger partial charge in [0.15, 0.2) is 0 Å². The van der Waals surface area contributed by atoms with Crippen molar-refractivity contribution < 1.29 is 9.85 Å². The van der Waals surface area contributed by atoms with E-state index in [2.05, 4.69) is 0 Å². The van der Waals surface area contributed by atoms with Crippen LogP contribution in [0, 0.1) is 20.2 Å². The summed E-state index contributed by atoms with van der Waals surface area (Å²) in [5.74, 6) is 0. The predicted octanol–water partition coefficient (Wildman–Crippen LogP) is 4.26. The van der Waals surface area contributed by atoms with E-state index in [-0.39, 0.29) is 22.9 Å². The Morgan fingerprint density at radius 2 is 1.00 bits per heavy atom. The molecule has 0 aliphatic rings. The topological polar surface area (TPSA) is 116 Å². The lowest BCUT2D eigenvalue weighted by molar-refractivity contribution is -0.569. The summed E-state index contributed by atoms with van der Waals surface area (Å²) in [7, 11) is 0. The van der Waals surface area contributed by atoms with Crippen molar-refractivity contribution in [2.24, 2.45) is 5.73 Å². The maximum Gasteiger partial charge on any atom is 0.229 e. The van der Waals surface area contributed by atoms with Crippen LogP contribution >= 0.6 is 0 Å². The lowest BCUT2D eigenvalue weighted by atomic mass is 10.0. The Morgan fingerprint density at radius 3 is 1.32 bits per heavy atom. The van der Waals surface area contributed by atoms with Crippen molar-refractivity contribution >= 4 is 0 Å². The Morgan fingerprint density at radius 1 is 0.679 bits per heavy atom. The van der Waals surface area contributed by atoms with Crippen molar-refractivity contribution in [2.75, 3.05) is 26.2 Å². The predicted molar refractivity (Wildman–Crippen MR) is 114 cm³/mol. The minimum atomic E-state index is -1.11. The molecule has 0 aromatic carbocycles. The van der Waals surface area contributed by atoms with Gasteiger partial charge in [0.25, 0.3) is 0 Å². The summed E-state index contributed by atoms with van der Waals surface area (Å²) < 4.78 is 0. The molecule has 0 radical (unpaired) electrons. The highest BCUT2D eigenvalue weighted by molar-refractivity contribution is 4.79. The number of nitrogens with two attached hydrogens (primary N) is 1. The Balaban J connectivity index is 4.21. The molecular formula is C20H42N4O4. The van der Waals surface area contributed by atoms with E-state index in [9.17, 15) is 20.2 Å². The van der Waals surface area contributed by atoms with Gasteiger partial charge in [-0.3, -0.25) is 25.1 Å². The van der Waals surface area contributed by atoms with E-state index >= 15 is 0 Å². The Bertz CT molecular complexity index is 427. The van der Waals surface area contributed by atoms with E-state index in [4.69, 9.17) is 5.73 Å². The third-order valence-corrected chi connectivity index (χ3v) is 5.14. The lowest BCUT2D eigenvalue weighted by Gasteiger charge is -2.30. The number of nitro groups is 2. The minimum Gasteiger partial charge on any atom is -0.330 e. The van der Waals surface area contributed by atoms with Crippen LogP contribution in [0.2, 0.25) is 0 Å². The molecule has 0 spiro atoms. The van der Waals surface area contributed by atoms with Gasteiger partial charge in [-0.25, -0.2) is 0 Å². The maximum atomic E-state index is 11.3. The van der Waals surface area contributed by atoms with Crippen LogP contribution in [0.1, 0.15) is 91.9 Å². The molecule has 28 heavy (non-hydrogen) atoms. The van der Waals surface area contributed by atoms with Crippen molar-refractivity contribution in [3.8, 4) is 0 Å². The van der Waals surface area contributed by atoms with E-state index < -0.39 is 11.1 Å². The zero-order valence-corrected chi connectivity index (χ0v) is 18.5. The molecule has 0 rings (SSSR count). The highest BCUT2D eigenvalue weighted by Crippen LogP contribution is 2.17. The smallest absolute Gasteiger partial charge is 0.229 e. The highest BCUT2D eigenvalue weighted by Gasteiger charge is 2.38. The number of nitrogens with zero attached hydrogens (tertiary/aromatic N) is 3. The fourth-order valence-corrected chi connectivity index (χ4v) is 3.32. The first-order valence-corrected chi connectivity index (χ1v) is 10.7. The zero-order valence-electron chi connectivity index (χ0n) is 18.5. The van der Waals surface area contributed by atoms with Gasteiger partial charge in [-0.15, -0.1) is 0 Å². The molecule has 0 amide bonds. The maximum absolute atomic E-state index is 11.3. The van der Waals surface area contributed by atoms with Gasteiger partial charge in [-0.2, -0.15) is 0 Å². The van der Waals surface area contributed by atoms with Crippen molar-refractivity contribution in [1.82, 2.24) is 4.90 Å². The summed E-state index contributed by atoms with van der Waals surface area (Å²) in [5.41, 5.74) is 3.26. The zero-order chi connectivity index (χ0) is 21.6. The number of unbranched alkanes of at least 4 members (excludes halogenated alkanes) is 9. The summed E-state index contributed by atoms with van der Waals surface area (Å²) in [4.78, 5) is 23.8. The first-order chi connectivity index (χ1) is 13.0. The average Bonchev–Trinajstić information content (AvgIpc) is 2.58. The van der Waals surface area contributed by atoms with Crippen LogP contribution in [0.5, 0.6) is 0 Å². The van der Waals surface area contributed by atoms with Crippen LogP contribution in [0.4, 0.5) is 0 Å². The molecule has 0 heterocycles. The minimum absolute atomic E-state index is 0.222. The molecule has 0 bridgehead atoms. The van der Waals surface area contributed by atoms with Crippen molar-refractivity contribution in [3.05, 3.63) is 20.2 Å². The molecule has 0 unspecified atom stereocenters. The van der Waals surface area contributed by atoms with E-state index in [1.165, 1.54) is 38.5 Å². The average molecular weight is 403 g/mol. The standard InChI is InChI=1S/C20H42N4O4/c1-19(2,23(25)26)17-22(18-20(3,4)24(27)28)16-14-12-10-8-6-5-7-9-11-13-15-21/h5-18,21H2,1-4H3. The molecule has 0 saturated heterocycles. The normalized spacial score (nSPS) is 12.5. The molecule has 0 aromatic rings. The fraction of sp³-hybridized carbons (Fsp3) is 1.00. The van der Waals surface area contributed by atoms with Gasteiger partial charge in [0.2, 0.25) is 11.1 Å². The molecule has 0 aromatic heterocycles. The van der Waals surface area contributed by atoms with E-state index in [1.54, 1.807) is 27.7 Å². The van der Waals surface area contributed by atoms with Crippen LogP contribution in [-0.2, 0) is 0 Å². The first-order valence-electron chi connectivity index (χ1n) is 10.7. The van der Waals surface area contributed by atoms with Gasteiger partial charge in [0, 0.05) is 37.5 Å². The SMILES string of the molecule is CC(C)(CN(CCCCCCCCCCCCN)CC(C)(C)[N+](=O)[O-])[N+](=O)[O-]. The van der Waals surface area contributed by atoms with Crippen LogP contribution in [0.3, 0.4) is 0 Å². The van der Waals surface area contributed by atoms with Gasteiger partial charge in [-0.1, -0.05) is 51.4 Å². The van der Waals surface area contributed by atoms with Gasteiger partial charge < -0.3 is 5.73 Å². The molecule has 0 fully saturated rings. The monoisotopic (exact) mass is 402 g/mol. The second kappa shape index (κ2) is 13.8. The summed E-state index contributed by atoms with van der Waals surface area (Å²) >= 11 is 0. The molecule has 0 aliphatic carbocycles. The van der Waals surface area contributed by atoms with E-state index in [0.29, 0.717) is 6.54 Å². The third-order valence-electron chi connectivity index (χ3n) is 5.14. The molecule has 8 heteroatoms. The Hall–Kier alpha value is -1.28. The van der Waals surface area contributed by atoms with E-state index in [0.717, 1.165) is 32.2 Å². The number of hydrogen-bond acceptors (Lipinski definition) is 6. The summed E-state index contributed by atoms with van der Waals surface area (Å²) in [5, 5.41) is 22.5. The third kappa shape index (κ3) is 12.2. The van der Waals surface area contributed by atoms with Crippen molar-refractivity contribution in [2.45, 2.75) is 103 Å². The molecule has 0 saturated carbocycles. The molecule has 2 N–H and O–H groups in total. The fourth-order valence-electron chi connectivity index (χ4n) is 3.32. The highest BCUT2D eigenvalue weighted by atomic mass is 16.6. The first kappa shape index (κ1) is 26.7. The second-order valence-electron chi connectivity index (χ2n) is 9.17. The molecule has 166 valence electrons. The largest absolute Gasteiger partial charge is 0.330 e. The lowest BCUT2D eigenvalue weighted by Crippen LogP contribution is -2.51.